The van der Waals surface area contributed by atoms with Crippen molar-refractivity contribution in [1.82, 2.24) is 0 Å². The van der Waals surface area contributed by atoms with Crippen LogP contribution < -0.4 is 24.0 Å². The molecule has 0 aromatic heterocycles. The third-order valence-corrected chi connectivity index (χ3v) is 6.19. The number of benzene rings is 2. The first kappa shape index (κ1) is 21.3. The number of hydrogen-bond donors (Lipinski definition) is 0. The molecule has 1 atom stereocenters. The fraction of sp³-hybridized carbons (Fsp3) is 0.391. The maximum Gasteiger partial charge on any atom is 0.232 e. The van der Waals surface area contributed by atoms with Crippen molar-refractivity contribution >= 4 is 34.8 Å². The van der Waals surface area contributed by atoms with Crippen LogP contribution in [0.4, 0.5) is 11.4 Å². The van der Waals surface area contributed by atoms with Crippen LogP contribution in [0.5, 0.6) is 17.2 Å². The number of nitrogens with zero attached hydrogens (tertiary/aromatic N) is 2. The topological polar surface area (TPSA) is 68.3 Å². The standard InChI is InChI=1S/C23H25ClN2O5/c1-29-16-6-7-18-14(9-16)5-4-8-25(18)23(28)15-10-22(27)26(13-15)19-11-17(24)20(30-2)12-21(19)31-3/h6-7,9,11-12,15H,4-5,8,10,13H2,1-3H3. The maximum atomic E-state index is 13.4. The van der Waals surface area contributed by atoms with Crippen molar-refractivity contribution in [1.29, 1.82) is 0 Å². The molecule has 2 aromatic rings. The second kappa shape index (κ2) is 8.67. The highest BCUT2D eigenvalue weighted by molar-refractivity contribution is 6.32. The molecule has 0 bridgehead atoms. The number of aryl methyl sites for hydroxylation is 1. The summed E-state index contributed by atoms with van der Waals surface area (Å²) >= 11 is 6.28. The first-order valence-electron chi connectivity index (χ1n) is 10.2. The maximum absolute atomic E-state index is 13.4. The van der Waals surface area contributed by atoms with E-state index >= 15 is 0 Å². The molecule has 4 rings (SSSR count). The Morgan fingerprint density at radius 3 is 2.52 bits per heavy atom. The van der Waals surface area contributed by atoms with E-state index in [1.807, 2.05) is 18.2 Å². The molecule has 2 aliphatic rings. The van der Waals surface area contributed by atoms with Gasteiger partial charge in [0.25, 0.3) is 0 Å². The summed E-state index contributed by atoms with van der Waals surface area (Å²) < 4.78 is 16.0. The number of halogens is 1. The lowest BCUT2D eigenvalue weighted by molar-refractivity contribution is -0.124. The summed E-state index contributed by atoms with van der Waals surface area (Å²) in [5.74, 6) is 1.09. The van der Waals surface area contributed by atoms with Crippen molar-refractivity contribution in [2.24, 2.45) is 5.92 Å². The molecule has 2 amide bonds. The molecule has 2 aliphatic heterocycles. The molecule has 2 aromatic carbocycles. The van der Waals surface area contributed by atoms with Crippen LogP contribution in [0.3, 0.4) is 0 Å². The van der Waals surface area contributed by atoms with Crippen LogP contribution in [0, 0.1) is 5.92 Å². The van der Waals surface area contributed by atoms with E-state index in [2.05, 4.69) is 0 Å². The zero-order valence-corrected chi connectivity index (χ0v) is 18.6. The van der Waals surface area contributed by atoms with Gasteiger partial charge in [0.1, 0.15) is 17.2 Å². The van der Waals surface area contributed by atoms with Gasteiger partial charge < -0.3 is 24.0 Å². The number of fused-ring (bicyclic) bond motifs is 1. The summed E-state index contributed by atoms with van der Waals surface area (Å²) in [5, 5.41) is 0.375. The van der Waals surface area contributed by atoms with Gasteiger partial charge in [0, 0.05) is 31.3 Å². The normalized spacial score (nSPS) is 18.1. The molecule has 0 radical (unpaired) electrons. The first-order valence-corrected chi connectivity index (χ1v) is 10.5. The monoisotopic (exact) mass is 444 g/mol. The van der Waals surface area contributed by atoms with Gasteiger partial charge in [0.15, 0.2) is 0 Å². The number of methoxy groups -OCH3 is 3. The van der Waals surface area contributed by atoms with Gasteiger partial charge in [-0.25, -0.2) is 0 Å². The van der Waals surface area contributed by atoms with Crippen LogP contribution in [0.1, 0.15) is 18.4 Å². The Morgan fingerprint density at radius 2 is 1.81 bits per heavy atom. The Labute approximate surface area is 186 Å². The highest BCUT2D eigenvalue weighted by Gasteiger charge is 2.39. The van der Waals surface area contributed by atoms with E-state index in [-0.39, 0.29) is 24.8 Å². The molecule has 31 heavy (non-hydrogen) atoms. The molecule has 1 saturated heterocycles. The lowest BCUT2D eigenvalue weighted by Crippen LogP contribution is -2.40. The highest BCUT2D eigenvalue weighted by Crippen LogP contribution is 2.41. The van der Waals surface area contributed by atoms with Crippen molar-refractivity contribution in [3.63, 3.8) is 0 Å². The molecule has 2 heterocycles. The molecule has 164 valence electrons. The molecule has 0 spiro atoms. The number of ether oxygens (including phenoxy) is 3. The largest absolute Gasteiger partial charge is 0.497 e. The van der Waals surface area contributed by atoms with Crippen molar-refractivity contribution in [2.45, 2.75) is 19.3 Å². The molecular formula is C23H25ClN2O5. The van der Waals surface area contributed by atoms with Crippen LogP contribution in [0.25, 0.3) is 0 Å². The van der Waals surface area contributed by atoms with Gasteiger partial charge >= 0.3 is 0 Å². The predicted molar refractivity (Wildman–Crippen MR) is 119 cm³/mol. The van der Waals surface area contributed by atoms with Crippen molar-refractivity contribution in [2.75, 3.05) is 44.2 Å². The lowest BCUT2D eigenvalue weighted by atomic mass is 9.98. The Kier molecular flexibility index (Phi) is 5.96. The smallest absolute Gasteiger partial charge is 0.232 e. The van der Waals surface area contributed by atoms with Crippen molar-refractivity contribution < 1.29 is 23.8 Å². The minimum atomic E-state index is -0.439. The van der Waals surface area contributed by atoms with E-state index in [0.29, 0.717) is 28.8 Å². The van der Waals surface area contributed by atoms with E-state index in [1.165, 1.54) is 14.2 Å². The van der Waals surface area contributed by atoms with Gasteiger partial charge in [-0.3, -0.25) is 9.59 Å². The fourth-order valence-corrected chi connectivity index (χ4v) is 4.55. The molecule has 0 saturated carbocycles. The first-order chi connectivity index (χ1) is 15.0. The van der Waals surface area contributed by atoms with E-state index in [0.717, 1.165) is 29.8 Å². The van der Waals surface area contributed by atoms with Gasteiger partial charge in [-0.1, -0.05) is 11.6 Å². The van der Waals surface area contributed by atoms with Crippen LogP contribution >= 0.6 is 11.6 Å². The number of hydrogen-bond acceptors (Lipinski definition) is 5. The fourth-order valence-electron chi connectivity index (χ4n) is 4.31. The van der Waals surface area contributed by atoms with Crippen LogP contribution in [-0.2, 0) is 16.0 Å². The van der Waals surface area contributed by atoms with Crippen LogP contribution in [0.2, 0.25) is 5.02 Å². The van der Waals surface area contributed by atoms with Crippen LogP contribution in [-0.4, -0.2) is 46.2 Å². The van der Waals surface area contributed by atoms with E-state index < -0.39 is 5.92 Å². The van der Waals surface area contributed by atoms with E-state index in [9.17, 15) is 9.59 Å². The van der Waals surface area contributed by atoms with Gasteiger partial charge in [0.2, 0.25) is 11.8 Å². The predicted octanol–water partition coefficient (Wildman–Crippen LogP) is 3.70. The number of carbonyl (C=O) groups excluding carboxylic acids is 2. The van der Waals surface area contributed by atoms with Crippen molar-refractivity contribution in [3.8, 4) is 17.2 Å². The summed E-state index contributed by atoms with van der Waals surface area (Å²) in [5.41, 5.74) is 2.52. The molecule has 0 N–H and O–H groups in total. The molecule has 1 fully saturated rings. The summed E-state index contributed by atoms with van der Waals surface area (Å²) in [6.07, 6.45) is 1.92. The second-order valence-electron chi connectivity index (χ2n) is 7.65. The second-order valence-corrected chi connectivity index (χ2v) is 8.06. The molecule has 7 nitrogen and oxygen atoms in total. The minimum absolute atomic E-state index is 0.0412. The SMILES string of the molecule is COc1ccc2c(c1)CCCN2C(=O)C1CC(=O)N(c2cc(Cl)c(OC)cc2OC)C1. The van der Waals surface area contributed by atoms with Crippen LogP contribution in [0.15, 0.2) is 30.3 Å². The summed E-state index contributed by atoms with van der Waals surface area (Å²) in [4.78, 5) is 29.6. The quantitative estimate of drug-likeness (QED) is 0.703. The third-order valence-electron chi connectivity index (χ3n) is 5.89. The molecule has 8 heteroatoms. The zero-order chi connectivity index (χ0) is 22.1. The Balaban J connectivity index is 1.58. The number of carbonyl (C=O) groups is 2. The number of amides is 2. The van der Waals surface area contributed by atoms with E-state index in [4.69, 9.17) is 25.8 Å². The number of anilines is 2. The summed E-state index contributed by atoms with van der Waals surface area (Å²) in [6, 6.07) is 9.05. The average molecular weight is 445 g/mol. The third kappa shape index (κ3) is 3.90. The molecular weight excluding hydrogens is 420 g/mol. The van der Waals surface area contributed by atoms with Gasteiger partial charge in [-0.05, 0) is 42.7 Å². The minimum Gasteiger partial charge on any atom is -0.497 e. The molecule has 1 unspecified atom stereocenters. The van der Waals surface area contributed by atoms with E-state index in [1.54, 1.807) is 29.0 Å². The highest BCUT2D eigenvalue weighted by atomic mass is 35.5. The average Bonchev–Trinajstić information content (AvgIpc) is 3.18. The van der Waals surface area contributed by atoms with Gasteiger partial charge in [0.05, 0.1) is 38.0 Å². The Morgan fingerprint density at radius 1 is 1.03 bits per heavy atom. The van der Waals surface area contributed by atoms with Crippen molar-refractivity contribution in [3.05, 3.63) is 40.9 Å². The Hall–Kier alpha value is -2.93. The summed E-state index contributed by atoms with van der Waals surface area (Å²) in [6.45, 7) is 0.916. The van der Waals surface area contributed by atoms with Gasteiger partial charge in [-0.15, -0.1) is 0 Å². The Bertz CT molecular complexity index is 1030. The van der Waals surface area contributed by atoms with Gasteiger partial charge in [-0.2, -0.15) is 0 Å². The number of rotatable bonds is 5. The molecule has 0 aliphatic carbocycles. The zero-order valence-electron chi connectivity index (χ0n) is 17.8. The lowest BCUT2D eigenvalue weighted by Gasteiger charge is -2.31. The summed E-state index contributed by atoms with van der Waals surface area (Å²) in [7, 11) is 4.67.